The molecule has 2 rings (SSSR count). The van der Waals surface area contributed by atoms with Crippen molar-refractivity contribution in [2.24, 2.45) is 0 Å². The summed E-state index contributed by atoms with van der Waals surface area (Å²) in [6.45, 7) is 0. The highest BCUT2D eigenvalue weighted by Crippen LogP contribution is 2.37. The summed E-state index contributed by atoms with van der Waals surface area (Å²) in [5.74, 6) is -1.00. The lowest BCUT2D eigenvalue weighted by molar-refractivity contribution is -0.0437. The third-order valence-electron chi connectivity index (χ3n) is 2.95. The minimum atomic E-state index is -5.55. The fraction of sp³-hybridized carbons (Fsp3) is 0.133. The number of rotatable bonds is 4. The van der Waals surface area contributed by atoms with Crippen molar-refractivity contribution in [3.05, 3.63) is 54.1 Å². The summed E-state index contributed by atoms with van der Waals surface area (Å²) in [7, 11) is -4.35. The number of para-hydroxylation sites is 1. The van der Waals surface area contributed by atoms with E-state index in [9.17, 15) is 26.4 Å². The van der Waals surface area contributed by atoms with E-state index >= 15 is 0 Å². The monoisotopic (exact) mass is 360 g/mol. The molecule has 0 aliphatic rings. The molecule has 0 saturated heterocycles. The van der Waals surface area contributed by atoms with Crippen LogP contribution in [0.1, 0.15) is 10.4 Å². The molecule has 2 aromatic carbocycles. The number of esters is 1. The average molecular weight is 360 g/mol. The Bertz CT molecular complexity index is 842. The highest BCUT2D eigenvalue weighted by molar-refractivity contribution is 7.92. The Labute approximate surface area is 135 Å². The van der Waals surface area contributed by atoms with Crippen molar-refractivity contribution in [2.75, 3.05) is 7.11 Å². The minimum Gasteiger partial charge on any atom is -0.465 e. The summed E-state index contributed by atoms with van der Waals surface area (Å²) >= 11 is 0. The van der Waals surface area contributed by atoms with Crippen molar-refractivity contribution in [3.63, 3.8) is 0 Å². The molecular weight excluding hydrogens is 349 g/mol. The van der Waals surface area contributed by atoms with Gasteiger partial charge < -0.3 is 9.47 Å². The van der Waals surface area contributed by atoms with Gasteiger partial charge in [0.15, 0.2) is 0 Å². The van der Waals surface area contributed by atoms with Gasteiger partial charge in [-0.25, -0.2) is 13.2 Å². The quantitative estimate of drug-likeness (QED) is 0.780. The number of carbonyl (C=O) groups excluding carboxylic acids is 1. The number of methoxy groups -OCH3 is 1. The molecule has 9 heteroatoms. The minimum absolute atomic E-state index is 0.0625. The first-order chi connectivity index (χ1) is 11.2. The lowest BCUT2D eigenvalue weighted by atomic mass is 10.2. The van der Waals surface area contributed by atoms with Gasteiger partial charge in [-0.05, 0) is 36.4 Å². The van der Waals surface area contributed by atoms with Crippen LogP contribution in [0.25, 0.3) is 0 Å². The summed E-state index contributed by atoms with van der Waals surface area (Å²) in [5, 5.41) is 0. The second kappa shape index (κ2) is 6.52. The van der Waals surface area contributed by atoms with Crippen molar-refractivity contribution in [2.45, 2.75) is 10.4 Å². The van der Waals surface area contributed by atoms with E-state index in [0.29, 0.717) is 0 Å². The van der Waals surface area contributed by atoms with Crippen LogP contribution in [0.2, 0.25) is 0 Å². The van der Waals surface area contributed by atoms with Crippen molar-refractivity contribution in [1.29, 1.82) is 0 Å². The molecule has 0 N–H and O–H groups in total. The van der Waals surface area contributed by atoms with Gasteiger partial charge in [0.2, 0.25) is 0 Å². The van der Waals surface area contributed by atoms with Gasteiger partial charge in [-0.3, -0.25) is 0 Å². The Morgan fingerprint density at radius 1 is 1.00 bits per heavy atom. The van der Waals surface area contributed by atoms with Gasteiger partial charge >= 0.3 is 11.5 Å². The molecule has 2 aromatic rings. The van der Waals surface area contributed by atoms with E-state index in [4.69, 9.17) is 4.74 Å². The van der Waals surface area contributed by atoms with Crippen LogP contribution >= 0.6 is 0 Å². The Kier molecular flexibility index (Phi) is 4.83. The molecule has 0 atom stereocenters. The van der Waals surface area contributed by atoms with Gasteiger partial charge in [0.1, 0.15) is 16.4 Å². The molecule has 0 amide bonds. The van der Waals surface area contributed by atoms with E-state index in [2.05, 4.69) is 4.74 Å². The molecule has 0 fully saturated rings. The Morgan fingerprint density at radius 2 is 1.58 bits per heavy atom. The zero-order chi connectivity index (χ0) is 18.0. The summed E-state index contributed by atoms with van der Waals surface area (Å²) < 4.78 is 71.1. The van der Waals surface area contributed by atoms with E-state index in [1.165, 1.54) is 37.4 Å². The Balaban J connectivity index is 2.37. The molecular formula is C15H11F3O5S. The smallest absolute Gasteiger partial charge is 0.465 e. The second-order valence-electron chi connectivity index (χ2n) is 4.51. The first kappa shape index (κ1) is 17.8. The summed E-state index contributed by atoms with van der Waals surface area (Å²) in [4.78, 5) is 10.3. The number of hydrogen-bond acceptors (Lipinski definition) is 5. The van der Waals surface area contributed by atoms with Crippen molar-refractivity contribution < 1.29 is 35.9 Å². The highest BCUT2D eigenvalue weighted by Gasteiger charge is 2.48. The van der Waals surface area contributed by atoms with E-state index in [1.807, 2.05) is 0 Å². The Hall–Kier alpha value is -2.55. The number of hydrogen-bond donors (Lipinski definition) is 0. The third kappa shape index (κ3) is 3.51. The van der Waals surface area contributed by atoms with Crippen molar-refractivity contribution in [1.82, 2.24) is 0 Å². The summed E-state index contributed by atoms with van der Waals surface area (Å²) in [6, 6.07) is 9.70. The van der Waals surface area contributed by atoms with E-state index in [1.54, 1.807) is 0 Å². The predicted molar refractivity (Wildman–Crippen MR) is 77.5 cm³/mol. The molecule has 0 heterocycles. The van der Waals surface area contributed by atoms with Gasteiger partial charge in [-0.2, -0.15) is 13.2 Å². The maximum Gasteiger partial charge on any atom is 0.502 e. The van der Waals surface area contributed by atoms with E-state index in [0.717, 1.165) is 18.2 Å². The third-order valence-corrected chi connectivity index (χ3v) is 4.47. The zero-order valence-electron chi connectivity index (χ0n) is 12.2. The second-order valence-corrected chi connectivity index (χ2v) is 6.42. The highest BCUT2D eigenvalue weighted by atomic mass is 32.2. The molecule has 0 aromatic heterocycles. The largest absolute Gasteiger partial charge is 0.502 e. The molecule has 0 aliphatic heterocycles. The fourth-order valence-corrected chi connectivity index (χ4v) is 2.67. The predicted octanol–water partition coefficient (Wildman–Crippen LogP) is 3.56. The van der Waals surface area contributed by atoms with Crippen molar-refractivity contribution >= 4 is 15.8 Å². The molecule has 24 heavy (non-hydrogen) atoms. The van der Waals surface area contributed by atoms with Crippen LogP contribution in [0.3, 0.4) is 0 Å². The van der Waals surface area contributed by atoms with Crippen LogP contribution in [0.15, 0.2) is 53.4 Å². The number of carbonyl (C=O) groups is 1. The van der Waals surface area contributed by atoms with Crippen LogP contribution < -0.4 is 4.74 Å². The normalized spacial score (nSPS) is 11.8. The molecule has 0 radical (unpaired) electrons. The molecule has 0 saturated carbocycles. The maximum atomic E-state index is 12.7. The maximum absolute atomic E-state index is 12.7. The van der Waals surface area contributed by atoms with Crippen LogP contribution in [0.4, 0.5) is 13.2 Å². The molecule has 0 aliphatic carbocycles. The SMILES string of the molecule is COC(=O)c1ccc(Oc2ccccc2S(=O)(=O)C(F)(F)F)cc1. The molecule has 0 unspecified atom stereocenters. The van der Waals surface area contributed by atoms with Crippen LogP contribution in [0, 0.1) is 0 Å². The first-order valence-corrected chi connectivity index (χ1v) is 7.92. The van der Waals surface area contributed by atoms with Crippen molar-refractivity contribution in [3.8, 4) is 11.5 Å². The van der Waals surface area contributed by atoms with Crippen LogP contribution in [-0.2, 0) is 14.6 Å². The number of benzene rings is 2. The van der Waals surface area contributed by atoms with E-state index in [-0.39, 0.29) is 11.3 Å². The average Bonchev–Trinajstić information content (AvgIpc) is 2.54. The number of alkyl halides is 3. The zero-order valence-corrected chi connectivity index (χ0v) is 13.0. The standard InChI is InChI=1S/C15H11F3O5S/c1-22-14(19)10-6-8-11(9-7-10)23-12-4-2-3-5-13(12)24(20,21)15(16,17)18/h2-9H,1H3. The molecule has 0 spiro atoms. The Morgan fingerprint density at radius 3 is 2.12 bits per heavy atom. The van der Waals surface area contributed by atoms with Gasteiger partial charge in [0.25, 0.3) is 9.84 Å². The summed E-state index contributed by atoms with van der Waals surface area (Å²) in [5.41, 5.74) is -5.23. The van der Waals surface area contributed by atoms with Gasteiger partial charge in [-0.15, -0.1) is 0 Å². The fourth-order valence-electron chi connectivity index (χ4n) is 1.79. The van der Waals surface area contributed by atoms with Crippen LogP contribution in [0.5, 0.6) is 11.5 Å². The van der Waals surface area contributed by atoms with Gasteiger partial charge in [0.05, 0.1) is 12.7 Å². The lowest BCUT2D eigenvalue weighted by Gasteiger charge is -2.13. The topological polar surface area (TPSA) is 69.7 Å². The molecule has 0 bridgehead atoms. The first-order valence-electron chi connectivity index (χ1n) is 6.43. The lowest BCUT2D eigenvalue weighted by Crippen LogP contribution is -2.23. The number of ether oxygens (including phenoxy) is 2. The summed E-state index contributed by atoms with van der Waals surface area (Å²) in [6.07, 6.45) is 0. The van der Waals surface area contributed by atoms with E-state index < -0.39 is 32.0 Å². The molecule has 5 nitrogen and oxygen atoms in total. The van der Waals surface area contributed by atoms with Gasteiger partial charge in [-0.1, -0.05) is 12.1 Å². The van der Waals surface area contributed by atoms with Gasteiger partial charge in [0, 0.05) is 0 Å². The number of halogens is 3. The number of sulfone groups is 1. The van der Waals surface area contributed by atoms with Crippen LogP contribution in [-0.4, -0.2) is 27.0 Å². The molecule has 128 valence electrons.